The molecule has 0 atom stereocenters. The lowest BCUT2D eigenvalue weighted by molar-refractivity contribution is 0.102. The van der Waals surface area contributed by atoms with Gasteiger partial charge in [-0.1, -0.05) is 6.07 Å². The SMILES string of the molecule is COc1cccc(OCCc2nc(C)c(C(C)=O)s2)c1. The highest BCUT2D eigenvalue weighted by atomic mass is 32.1. The predicted octanol–water partition coefficient (Wildman–Crippen LogP) is 3.28. The summed E-state index contributed by atoms with van der Waals surface area (Å²) < 4.78 is 10.8. The monoisotopic (exact) mass is 291 g/mol. The molecular formula is C15H17NO3S. The fourth-order valence-corrected chi connectivity index (χ4v) is 2.77. The third-order valence-corrected chi connectivity index (χ3v) is 4.10. The molecule has 106 valence electrons. The molecule has 1 aromatic carbocycles. The van der Waals surface area contributed by atoms with Crippen molar-refractivity contribution in [3.05, 3.63) is 39.8 Å². The molecule has 4 nitrogen and oxygen atoms in total. The Balaban J connectivity index is 1.92. The Morgan fingerprint density at radius 1 is 1.35 bits per heavy atom. The molecule has 0 aliphatic rings. The van der Waals surface area contributed by atoms with Crippen LogP contribution < -0.4 is 9.47 Å². The van der Waals surface area contributed by atoms with Crippen molar-refractivity contribution < 1.29 is 14.3 Å². The van der Waals surface area contributed by atoms with Crippen molar-refractivity contribution in [2.45, 2.75) is 20.3 Å². The lowest BCUT2D eigenvalue weighted by atomic mass is 10.3. The van der Waals surface area contributed by atoms with Gasteiger partial charge in [0.25, 0.3) is 0 Å². The van der Waals surface area contributed by atoms with Crippen LogP contribution in [0.4, 0.5) is 0 Å². The third-order valence-electron chi connectivity index (χ3n) is 2.79. The van der Waals surface area contributed by atoms with E-state index in [1.54, 1.807) is 14.0 Å². The van der Waals surface area contributed by atoms with Gasteiger partial charge in [-0.3, -0.25) is 4.79 Å². The van der Waals surface area contributed by atoms with E-state index in [-0.39, 0.29) is 5.78 Å². The van der Waals surface area contributed by atoms with Crippen LogP contribution in [-0.2, 0) is 6.42 Å². The summed E-state index contributed by atoms with van der Waals surface area (Å²) in [6.45, 7) is 3.95. The summed E-state index contributed by atoms with van der Waals surface area (Å²) in [4.78, 5) is 16.5. The molecule has 0 saturated heterocycles. The summed E-state index contributed by atoms with van der Waals surface area (Å²) in [5, 5.41) is 0.926. The Labute approximate surface area is 122 Å². The highest BCUT2D eigenvalue weighted by Gasteiger charge is 2.11. The molecule has 0 fully saturated rings. The molecule has 5 heteroatoms. The molecule has 0 spiro atoms. The normalized spacial score (nSPS) is 10.3. The summed E-state index contributed by atoms with van der Waals surface area (Å²) >= 11 is 1.45. The second-order valence-electron chi connectivity index (χ2n) is 4.36. The number of carbonyl (C=O) groups excluding carboxylic acids is 1. The first-order valence-corrected chi connectivity index (χ1v) is 7.16. The zero-order chi connectivity index (χ0) is 14.5. The summed E-state index contributed by atoms with van der Waals surface area (Å²) in [7, 11) is 1.63. The minimum atomic E-state index is 0.0694. The summed E-state index contributed by atoms with van der Waals surface area (Å²) in [5.74, 6) is 1.61. The van der Waals surface area contributed by atoms with Crippen LogP contribution in [0.2, 0.25) is 0 Å². The molecule has 0 N–H and O–H groups in total. The molecule has 1 heterocycles. The fourth-order valence-electron chi connectivity index (χ4n) is 1.83. The number of carbonyl (C=O) groups is 1. The number of nitrogens with zero attached hydrogens (tertiary/aromatic N) is 1. The first kappa shape index (κ1) is 14.5. The molecule has 0 bridgehead atoms. The van der Waals surface area contributed by atoms with Crippen molar-refractivity contribution in [3.63, 3.8) is 0 Å². The van der Waals surface area contributed by atoms with E-state index >= 15 is 0 Å². The number of Topliss-reactive ketones (excluding diaryl/α,β-unsaturated/α-hetero) is 1. The number of rotatable bonds is 6. The largest absolute Gasteiger partial charge is 0.497 e. The van der Waals surface area contributed by atoms with Gasteiger partial charge in [-0.2, -0.15) is 0 Å². The van der Waals surface area contributed by atoms with Crippen molar-refractivity contribution in [1.29, 1.82) is 0 Å². The second-order valence-corrected chi connectivity index (χ2v) is 5.44. The number of hydrogen-bond acceptors (Lipinski definition) is 5. The molecule has 0 aliphatic heterocycles. The van der Waals surface area contributed by atoms with Gasteiger partial charge in [-0.25, -0.2) is 4.98 Å². The summed E-state index contributed by atoms with van der Waals surface area (Å²) in [6.07, 6.45) is 0.690. The van der Waals surface area contributed by atoms with Gasteiger partial charge in [-0.05, 0) is 19.1 Å². The number of ketones is 1. The summed E-state index contributed by atoms with van der Waals surface area (Å²) in [6, 6.07) is 7.48. The fraction of sp³-hybridized carbons (Fsp3) is 0.333. The Bertz CT molecular complexity index is 607. The van der Waals surface area contributed by atoms with E-state index in [1.165, 1.54) is 11.3 Å². The highest BCUT2D eigenvalue weighted by Crippen LogP contribution is 2.21. The van der Waals surface area contributed by atoms with E-state index in [1.807, 2.05) is 31.2 Å². The maximum absolute atomic E-state index is 11.4. The van der Waals surface area contributed by atoms with Crippen molar-refractivity contribution in [3.8, 4) is 11.5 Å². The van der Waals surface area contributed by atoms with Gasteiger partial charge in [0.15, 0.2) is 5.78 Å². The Kier molecular flexibility index (Phi) is 4.74. The number of aryl methyl sites for hydroxylation is 1. The number of thiazole rings is 1. The number of hydrogen-bond donors (Lipinski definition) is 0. The van der Waals surface area contributed by atoms with Crippen molar-refractivity contribution in [1.82, 2.24) is 4.98 Å². The van der Waals surface area contributed by atoms with E-state index < -0.39 is 0 Å². The predicted molar refractivity (Wildman–Crippen MR) is 79.0 cm³/mol. The van der Waals surface area contributed by atoms with Crippen LogP contribution in [0, 0.1) is 6.92 Å². The molecule has 0 aliphatic carbocycles. The molecule has 2 aromatic rings. The van der Waals surface area contributed by atoms with Crippen LogP contribution in [0.1, 0.15) is 27.3 Å². The molecule has 0 radical (unpaired) electrons. The van der Waals surface area contributed by atoms with Gasteiger partial charge in [-0.15, -0.1) is 11.3 Å². The van der Waals surface area contributed by atoms with E-state index in [9.17, 15) is 4.79 Å². The quantitative estimate of drug-likeness (QED) is 0.766. The van der Waals surface area contributed by atoms with Crippen LogP contribution in [0.5, 0.6) is 11.5 Å². The lowest BCUT2D eigenvalue weighted by Gasteiger charge is -2.06. The standard InChI is InChI=1S/C15H17NO3S/c1-10-15(11(2)17)20-14(16-10)7-8-19-13-6-4-5-12(9-13)18-3/h4-6,9H,7-8H2,1-3H3. The maximum atomic E-state index is 11.4. The van der Waals surface area contributed by atoms with Crippen LogP contribution in [0.25, 0.3) is 0 Å². The topological polar surface area (TPSA) is 48.4 Å². The highest BCUT2D eigenvalue weighted by molar-refractivity contribution is 7.13. The minimum absolute atomic E-state index is 0.0694. The first-order valence-electron chi connectivity index (χ1n) is 6.34. The van der Waals surface area contributed by atoms with Crippen LogP contribution in [-0.4, -0.2) is 24.5 Å². The minimum Gasteiger partial charge on any atom is -0.497 e. The molecular weight excluding hydrogens is 274 g/mol. The van der Waals surface area contributed by atoms with Crippen LogP contribution in [0.3, 0.4) is 0 Å². The average molecular weight is 291 g/mol. The van der Waals surface area contributed by atoms with E-state index in [0.717, 1.165) is 27.1 Å². The van der Waals surface area contributed by atoms with Gasteiger partial charge in [0.2, 0.25) is 0 Å². The molecule has 0 saturated carbocycles. The number of aromatic nitrogens is 1. The molecule has 0 unspecified atom stereocenters. The smallest absolute Gasteiger partial charge is 0.171 e. The van der Waals surface area contributed by atoms with Crippen molar-refractivity contribution in [2.75, 3.05) is 13.7 Å². The Morgan fingerprint density at radius 3 is 2.75 bits per heavy atom. The van der Waals surface area contributed by atoms with E-state index in [4.69, 9.17) is 9.47 Å². The summed E-state index contributed by atoms with van der Waals surface area (Å²) in [5.41, 5.74) is 0.805. The zero-order valence-electron chi connectivity index (χ0n) is 11.8. The van der Waals surface area contributed by atoms with Gasteiger partial charge < -0.3 is 9.47 Å². The number of ether oxygens (including phenoxy) is 2. The van der Waals surface area contributed by atoms with E-state index in [0.29, 0.717) is 13.0 Å². The number of methoxy groups -OCH3 is 1. The van der Waals surface area contributed by atoms with Crippen molar-refractivity contribution >= 4 is 17.1 Å². The van der Waals surface area contributed by atoms with Crippen LogP contribution >= 0.6 is 11.3 Å². The third kappa shape index (κ3) is 3.57. The Hall–Kier alpha value is -1.88. The average Bonchev–Trinajstić information content (AvgIpc) is 2.80. The second kappa shape index (κ2) is 6.52. The van der Waals surface area contributed by atoms with Gasteiger partial charge >= 0.3 is 0 Å². The first-order chi connectivity index (χ1) is 9.60. The zero-order valence-corrected chi connectivity index (χ0v) is 12.6. The lowest BCUT2D eigenvalue weighted by Crippen LogP contribution is -2.01. The maximum Gasteiger partial charge on any atom is 0.171 e. The number of benzene rings is 1. The molecule has 1 aromatic heterocycles. The molecule has 0 amide bonds. The van der Waals surface area contributed by atoms with Crippen LogP contribution in [0.15, 0.2) is 24.3 Å². The van der Waals surface area contributed by atoms with E-state index in [2.05, 4.69) is 4.98 Å². The van der Waals surface area contributed by atoms with Crippen molar-refractivity contribution in [2.24, 2.45) is 0 Å². The Morgan fingerprint density at radius 2 is 2.10 bits per heavy atom. The van der Waals surface area contributed by atoms with Gasteiger partial charge in [0.1, 0.15) is 11.5 Å². The molecule has 2 rings (SSSR count). The van der Waals surface area contributed by atoms with Gasteiger partial charge in [0, 0.05) is 19.4 Å². The molecule has 20 heavy (non-hydrogen) atoms. The van der Waals surface area contributed by atoms with Gasteiger partial charge in [0.05, 0.1) is 29.3 Å².